The average molecular weight is 279 g/mol. The highest BCUT2D eigenvalue weighted by Gasteiger charge is 2.09. The van der Waals surface area contributed by atoms with Gasteiger partial charge in [0.15, 0.2) is 0 Å². The number of benzene rings is 2. The van der Waals surface area contributed by atoms with Crippen molar-refractivity contribution >= 4 is 23.0 Å². The SMILES string of the molecule is Cc1c(Cl)cccc1Nc1cccc(F)c1CCN. The van der Waals surface area contributed by atoms with Gasteiger partial charge in [0.2, 0.25) is 0 Å². The van der Waals surface area contributed by atoms with Crippen molar-refractivity contribution in [1.29, 1.82) is 0 Å². The van der Waals surface area contributed by atoms with Crippen molar-refractivity contribution in [1.82, 2.24) is 0 Å². The largest absolute Gasteiger partial charge is 0.355 e. The molecule has 0 aliphatic carbocycles. The van der Waals surface area contributed by atoms with E-state index in [9.17, 15) is 4.39 Å². The lowest BCUT2D eigenvalue weighted by atomic mass is 10.1. The molecule has 100 valence electrons. The maximum atomic E-state index is 13.8. The topological polar surface area (TPSA) is 38.0 Å². The number of anilines is 2. The first kappa shape index (κ1) is 13.8. The smallest absolute Gasteiger partial charge is 0.128 e. The summed E-state index contributed by atoms with van der Waals surface area (Å²) in [4.78, 5) is 0. The minimum absolute atomic E-state index is 0.241. The molecule has 0 unspecified atom stereocenters. The average Bonchev–Trinajstić information content (AvgIpc) is 2.39. The summed E-state index contributed by atoms with van der Waals surface area (Å²) in [5.74, 6) is -0.241. The molecule has 0 bridgehead atoms. The van der Waals surface area contributed by atoms with Crippen molar-refractivity contribution in [3.63, 3.8) is 0 Å². The molecule has 4 heteroatoms. The molecule has 0 saturated carbocycles. The van der Waals surface area contributed by atoms with E-state index in [1.54, 1.807) is 6.07 Å². The first-order chi connectivity index (χ1) is 9.13. The molecular weight excluding hydrogens is 263 g/mol. The Morgan fingerprint density at radius 3 is 2.58 bits per heavy atom. The Balaban J connectivity index is 2.38. The minimum Gasteiger partial charge on any atom is -0.355 e. The summed E-state index contributed by atoms with van der Waals surface area (Å²) in [5.41, 5.74) is 8.67. The summed E-state index contributed by atoms with van der Waals surface area (Å²) in [6.45, 7) is 2.33. The second-order valence-electron chi connectivity index (χ2n) is 4.34. The molecule has 2 aromatic carbocycles. The lowest BCUT2D eigenvalue weighted by Gasteiger charge is -2.14. The molecule has 0 spiro atoms. The van der Waals surface area contributed by atoms with Crippen LogP contribution in [0.1, 0.15) is 11.1 Å². The maximum absolute atomic E-state index is 13.8. The molecule has 0 saturated heterocycles. The van der Waals surface area contributed by atoms with Gasteiger partial charge in [-0.05, 0) is 49.7 Å². The van der Waals surface area contributed by atoms with E-state index in [0.717, 1.165) is 16.9 Å². The van der Waals surface area contributed by atoms with Crippen LogP contribution in [-0.4, -0.2) is 6.54 Å². The fourth-order valence-corrected chi connectivity index (χ4v) is 2.14. The third-order valence-corrected chi connectivity index (χ3v) is 3.46. The number of hydrogen-bond donors (Lipinski definition) is 2. The standard InChI is InChI=1S/C15H16ClFN2/c1-10-12(16)4-2-6-14(10)19-15-7-3-5-13(17)11(15)8-9-18/h2-7,19H,8-9,18H2,1H3. The summed E-state index contributed by atoms with van der Waals surface area (Å²) in [6, 6.07) is 10.6. The van der Waals surface area contributed by atoms with Crippen LogP contribution < -0.4 is 11.1 Å². The number of nitrogens with two attached hydrogens (primary N) is 1. The molecule has 2 nitrogen and oxygen atoms in total. The first-order valence-corrected chi connectivity index (χ1v) is 6.51. The van der Waals surface area contributed by atoms with Gasteiger partial charge in [0.1, 0.15) is 5.82 Å². The zero-order chi connectivity index (χ0) is 13.8. The third-order valence-electron chi connectivity index (χ3n) is 3.05. The highest BCUT2D eigenvalue weighted by atomic mass is 35.5. The van der Waals surface area contributed by atoms with Crippen LogP contribution in [-0.2, 0) is 6.42 Å². The van der Waals surface area contributed by atoms with E-state index in [2.05, 4.69) is 5.32 Å². The first-order valence-electron chi connectivity index (χ1n) is 6.13. The molecule has 2 rings (SSSR count). The van der Waals surface area contributed by atoms with Crippen LogP contribution in [0.2, 0.25) is 5.02 Å². The quantitative estimate of drug-likeness (QED) is 0.886. The molecule has 0 heterocycles. The lowest BCUT2D eigenvalue weighted by molar-refractivity contribution is 0.610. The summed E-state index contributed by atoms with van der Waals surface area (Å²) in [6.07, 6.45) is 0.495. The minimum atomic E-state index is -0.241. The van der Waals surface area contributed by atoms with Crippen LogP contribution in [0.3, 0.4) is 0 Å². The molecule has 2 aromatic rings. The van der Waals surface area contributed by atoms with Crippen molar-refractivity contribution in [2.75, 3.05) is 11.9 Å². The molecule has 0 amide bonds. The highest BCUT2D eigenvalue weighted by molar-refractivity contribution is 6.31. The van der Waals surface area contributed by atoms with Crippen molar-refractivity contribution in [3.05, 3.63) is 58.4 Å². The number of rotatable bonds is 4. The van der Waals surface area contributed by atoms with Crippen molar-refractivity contribution in [2.45, 2.75) is 13.3 Å². The van der Waals surface area contributed by atoms with E-state index in [1.807, 2.05) is 31.2 Å². The van der Waals surface area contributed by atoms with Gasteiger partial charge in [0.05, 0.1) is 0 Å². The molecule has 3 N–H and O–H groups in total. The van der Waals surface area contributed by atoms with Gasteiger partial charge in [0, 0.05) is 22.0 Å². The van der Waals surface area contributed by atoms with Crippen LogP contribution in [0.4, 0.5) is 15.8 Å². The van der Waals surface area contributed by atoms with E-state index in [1.165, 1.54) is 6.07 Å². The Morgan fingerprint density at radius 2 is 1.84 bits per heavy atom. The van der Waals surface area contributed by atoms with E-state index in [0.29, 0.717) is 23.6 Å². The summed E-state index contributed by atoms with van der Waals surface area (Å²) in [5, 5.41) is 3.91. The van der Waals surface area contributed by atoms with Crippen LogP contribution in [0, 0.1) is 12.7 Å². The Morgan fingerprint density at radius 1 is 1.16 bits per heavy atom. The van der Waals surface area contributed by atoms with Crippen LogP contribution >= 0.6 is 11.6 Å². The molecule has 0 aliphatic heterocycles. The Hall–Kier alpha value is -1.58. The highest BCUT2D eigenvalue weighted by Crippen LogP contribution is 2.28. The van der Waals surface area contributed by atoms with Gasteiger partial charge in [-0.3, -0.25) is 0 Å². The fraction of sp³-hybridized carbons (Fsp3) is 0.200. The van der Waals surface area contributed by atoms with Gasteiger partial charge in [-0.15, -0.1) is 0 Å². The molecule has 0 radical (unpaired) electrons. The van der Waals surface area contributed by atoms with E-state index >= 15 is 0 Å². The van der Waals surface area contributed by atoms with Crippen LogP contribution in [0.15, 0.2) is 36.4 Å². The predicted molar refractivity (Wildman–Crippen MR) is 78.6 cm³/mol. The van der Waals surface area contributed by atoms with Gasteiger partial charge in [-0.2, -0.15) is 0 Å². The van der Waals surface area contributed by atoms with Gasteiger partial charge in [0.25, 0.3) is 0 Å². The van der Waals surface area contributed by atoms with Crippen molar-refractivity contribution in [2.24, 2.45) is 5.73 Å². The molecule has 19 heavy (non-hydrogen) atoms. The number of nitrogens with one attached hydrogen (secondary N) is 1. The van der Waals surface area contributed by atoms with Gasteiger partial charge in [-0.25, -0.2) is 4.39 Å². The molecule has 0 aliphatic rings. The van der Waals surface area contributed by atoms with Gasteiger partial charge >= 0.3 is 0 Å². The lowest BCUT2D eigenvalue weighted by Crippen LogP contribution is -2.07. The Labute approximate surface area is 117 Å². The second-order valence-corrected chi connectivity index (χ2v) is 4.75. The van der Waals surface area contributed by atoms with E-state index in [4.69, 9.17) is 17.3 Å². The summed E-state index contributed by atoms with van der Waals surface area (Å²) < 4.78 is 13.8. The predicted octanol–water partition coefficient (Wildman–Crippen LogP) is 4.03. The number of hydrogen-bond acceptors (Lipinski definition) is 2. The normalized spacial score (nSPS) is 10.5. The molecule has 0 aromatic heterocycles. The van der Waals surface area contributed by atoms with E-state index < -0.39 is 0 Å². The fourth-order valence-electron chi connectivity index (χ4n) is 1.96. The summed E-state index contributed by atoms with van der Waals surface area (Å²) in [7, 11) is 0. The summed E-state index contributed by atoms with van der Waals surface area (Å²) >= 11 is 6.08. The van der Waals surface area contributed by atoms with Crippen LogP contribution in [0.25, 0.3) is 0 Å². The van der Waals surface area contributed by atoms with Crippen molar-refractivity contribution < 1.29 is 4.39 Å². The zero-order valence-corrected chi connectivity index (χ0v) is 11.5. The maximum Gasteiger partial charge on any atom is 0.128 e. The second kappa shape index (κ2) is 6.04. The zero-order valence-electron chi connectivity index (χ0n) is 10.7. The van der Waals surface area contributed by atoms with Gasteiger partial charge in [-0.1, -0.05) is 23.7 Å². The molecular formula is C15H16ClFN2. The Bertz CT molecular complexity index is 584. The third kappa shape index (κ3) is 3.06. The van der Waals surface area contributed by atoms with Crippen LogP contribution in [0.5, 0.6) is 0 Å². The Kier molecular flexibility index (Phi) is 4.40. The van der Waals surface area contributed by atoms with Gasteiger partial charge < -0.3 is 11.1 Å². The molecule has 0 fully saturated rings. The number of halogens is 2. The monoisotopic (exact) mass is 278 g/mol. The molecule has 0 atom stereocenters. The van der Waals surface area contributed by atoms with E-state index in [-0.39, 0.29) is 5.82 Å². The van der Waals surface area contributed by atoms with Crippen molar-refractivity contribution in [3.8, 4) is 0 Å².